The third kappa shape index (κ3) is 11.7. The minimum Gasteiger partial charge on any atom is -0.462 e. The molecule has 0 aromatic rings. The third-order valence-electron chi connectivity index (χ3n) is 7.30. The molecule has 0 radical (unpaired) electrons. The summed E-state index contributed by atoms with van der Waals surface area (Å²) in [7, 11) is 0. The molecule has 0 bridgehead atoms. The van der Waals surface area contributed by atoms with Gasteiger partial charge in [-0.3, -0.25) is 4.79 Å². The van der Waals surface area contributed by atoms with Crippen LogP contribution in [0.1, 0.15) is 126 Å². The van der Waals surface area contributed by atoms with Crippen LogP contribution >= 0.6 is 0 Å². The number of hydrogen-bond acceptors (Lipinski definition) is 6. The lowest BCUT2D eigenvalue weighted by atomic mass is 9.81. The maximum absolute atomic E-state index is 12.3. The smallest absolute Gasteiger partial charge is 0.306 e. The Bertz CT molecular complexity index is 654. The number of ether oxygens (including phenoxy) is 2. The zero-order valence-electron chi connectivity index (χ0n) is 23.9. The molecule has 6 heteroatoms. The molecule has 0 aromatic heterocycles. The van der Waals surface area contributed by atoms with Gasteiger partial charge in [0.1, 0.15) is 12.4 Å². The molecule has 0 aliphatic carbocycles. The number of aldehydes is 1. The van der Waals surface area contributed by atoms with Gasteiger partial charge < -0.3 is 24.9 Å². The van der Waals surface area contributed by atoms with E-state index in [1.165, 1.54) is 0 Å². The van der Waals surface area contributed by atoms with E-state index in [4.69, 9.17) is 9.47 Å². The van der Waals surface area contributed by atoms with E-state index >= 15 is 0 Å². The molecule has 2 heterocycles. The first-order valence-electron chi connectivity index (χ1n) is 14.0. The summed E-state index contributed by atoms with van der Waals surface area (Å²) in [5.41, 5.74) is 0.0718. The van der Waals surface area contributed by atoms with Crippen molar-refractivity contribution in [3.05, 3.63) is 0 Å². The standard InChI is InChI=1S/C29H54N2O4/c1-26(2)16-23(17-27(3,4)30-26)34-21-22(20-32)14-12-10-9-11-13-15-25(33)35-24-18-28(5,6)31-29(7,8)19-24/h20,22-24,30-31H,9-19,21H2,1-8H3. The molecule has 2 rings (SSSR count). The van der Waals surface area contributed by atoms with Gasteiger partial charge in [0.2, 0.25) is 0 Å². The Morgan fingerprint density at radius 2 is 1.23 bits per heavy atom. The van der Waals surface area contributed by atoms with Crippen LogP contribution in [0.2, 0.25) is 0 Å². The van der Waals surface area contributed by atoms with Gasteiger partial charge in [-0.05, 0) is 81.1 Å². The van der Waals surface area contributed by atoms with Crippen LogP contribution in [0.4, 0.5) is 0 Å². The highest BCUT2D eigenvalue weighted by Crippen LogP contribution is 2.32. The van der Waals surface area contributed by atoms with Crippen LogP contribution in [0.3, 0.4) is 0 Å². The zero-order chi connectivity index (χ0) is 26.3. The fraction of sp³-hybridized carbons (Fsp3) is 0.931. The summed E-state index contributed by atoms with van der Waals surface area (Å²) in [5, 5.41) is 7.30. The van der Waals surface area contributed by atoms with Gasteiger partial charge in [-0.15, -0.1) is 0 Å². The fourth-order valence-corrected chi connectivity index (χ4v) is 6.56. The van der Waals surface area contributed by atoms with Crippen LogP contribution in [0.15, 0.2) is 0 Å². The van der Waals surface area contributed by atoms with Crippen molar-refractivity contribution in [2.45, 2.75) is 160 Å². The molecule has 2 aliphatic rings. The molecule has 2 aliphatic heterocycles. The van der Waals surface area contributed by atoms with E-state index in [0.717, 1.165) is 70.5 Å². The Kier molecular flexibility index (Phi) is 10.8. The van der Waals surface area contributed by atoms with Crippen molar-refractivity contribution in [3.63, 3.8) is 0 Å². The first-order chi connectivity index (χ1) is 16.1. The molecule has 0 saturated carbocycles. The Balaban J connectivity index is 1.55. The molecule has 0 spiro atoms. The second kappa shape index (κ2) is 12.5. The Morgan fingerprint density at radius 3 is 1.74 bits per heavy atom. The summed E-state index contributed by atoms with van der Waals surface area (Å²) in [5.74, 6) is -0.0875. The summed E-state index contributed by atoms with van der Waals surface area (Å²) in [6.07, 6.45) is 11.4. The molecule has 1 unspecified atom stereocenters. The van der Waals surface area contributed by atoms with Crippen molar-refractivity contribution < 1.29 is 19.1 Å². The van der Waals surface area contributed by atoms with Crippen molar-refractivity contribution in [2.75, 3.05) is 6.61 Å². The lowest BCUT2D eigenvalue weighted by molar-refractivity contribution is -0.153. The monoisotopic (exact) mass is 494 g/mol. The zero-order valence-corrected chi connectivity index (χ0v) is 23.9. The Hall–Kier alpha value is -0.980. The number of carbonyl (C=O) groups is 2. The SMILES string of the molecule is CC1(C)CC(OCC(C=O)CCCCCCCC(=O)OC2CC(C)(C)NC(C)(C)C2)CC(C)(C)N1. The van der Waals surface area contributed by atoms with Gasteiger partial charge in [-0.2, -0.15) is 0 Å². The van der Waals surface area contributed by atoms with E-state index in [2.05, 4.69) is 66.0 Å². The van der Waals surface area contributed by atoms with E-state index in [9.17, 15) is 9.59 Å². The summed E-state index contributed by atoms with van der Waals surface area (Å²) in [6, 6.07) is 0. The predicted octanol–water partition coefficient (Wildman–Crippen LogP) is 5.71. The number of nitrogens with one attached hydrogen (secondary N) is 2. The van der Waals surface area contributed by atoms with E-state index in [0.29, 0.717) is 13.0 Å². The van der Waals surface area contributed by atoms with Crippen LogP contribution in [0.25, 0.3) is 0 Å². The molecule has 35 heavy (non-hydrogen) atoms. The number of unbranched alkanes of at least 4 members (excludes halogenated alkanes) is 4. The molecular weight excluding hydrogens is 440 g/mol. The van der Waals surface area contributed by atoms with Crippen molar-refractivity contribution in [3.8, 4) is 0 Å². The van der Waals surface area contributed by atoms with E-state index in [1.54, 1.807) is 0 Å². The summed E-state index contributed by atoms with van der Waals surface area (Å²) in [6.45, 7) is 18.1. The molecule has 0 aromatic carbocycles. The number of piperidine rings is 2. The van der Waals surface area contributed by atoms with Gasteiger partial charge in [0.25, 0.3) is 0 Å². The molecule has 2 N–H and O–H groups in total. The average molecular weight is 495 g/mol. The van der Waals surface area contributed by atoms with Gasteiger partial charge in [-0.25, -0.2) is 0 Å². The second-order valence-corrected chi connectivity index (χ2v) is 13.9. The third-order valence-corrected chi connectivity index (χ3v) is 7.30. The van der Waals surface area contributed by atoms with Gasteiger partial charge in [0, 0.05) is 47.3 Å². The van der Waals surface area contributed by atoms with Crippen LogP contribution in [-0.4, -0.2) is 53.2 Å². The molecule has 2 fully saturated rings. The highest BCUT2D eigenvalue weighted by molar-refractivity contribution is 5.69. The van der Waals surface area contributed by atoms with Crippen LogP contribution in [0.5, 0.6) is 0 Å². The van der Waals surface area contributed by atoms with Crippen molar-refractivity contribution in [1.29, 1.82) is 0 Å². The minimum atomic E-state index is -0.0639. The van der Waals surface area contributed by atoms with Crippen LogP contribution in [-0.2, 0) is 19.1 Å². The first-order valence-corrected chi connectivity index (χ1v) is 14.0. The van der Waals surface area contributed by atoms with Crippen LogP contribution in [0, 0.1) is 5.92 Å². The van der Waals surface area contributed by atoms with Crippen molar-refractivity contribution in [2.24, 2.45) is 5.92 Å². The Labute approximate surface area is 215 Å². The molecule has 204 valence electrons. The normalized spacial score (nSPS) is 24.6. The van der Waals surface area contributed by atoms with Crippen molar-refractivity contribution >= 4 is 12.3 Å². The van der Waals surface area contributed by atoms with E-state index in [1.807, 2.05) is 0 Å². The molecule has 1 atom stereocenters. The fourth-order valence-electron chi connectivity index (χ4n) is 6.56. The van der Waals surface area contributed by atoms with Crippen molar-refractivity contribution in [1.82, 2.24) is 10.6 Å². The summed E-state index contributed by atoms with van der Waals surface area (Å²) in [4.78, 5) is 23.9. The predicted molar refractivity (Wildman–Crippen MR) is 143 cm³/mol. The van der Waals surface area contributed by atoms with Gasteiger partial charge in [-0.1, -0.05) is 25.7 Å². The number of esters is 1. The topological polar surface area (TPSA) is 76.7 Å². The van der Waals surface area contributed by atoms with E-state index in [-0.39, 0.29) is 46.3 Å². The van der Waals surface area contributed by atoms with E-state index < -0.39 is 0 Å². The molecule has 6 nitrogen and oxygen atoms in total. The quantitative estimate of drug-likeness (QED) is 0.194. The Morgan fingerprint density at radius 1 is 0.771 bits per heavy atom. The molecular formula is C29H54N2O4. The lowest BCUT2D eigenvalue weighted by Crippen LogP contribution is -2.59. The maximum Gasteiger partial charge on any atom is 0.306 e. The molecule has 2 saturated heterocycles. The summed E-state index contributed by atoms with van der Waals surface area (Å²) < 4.78 is 12.0. The second-order valence-electron chi connectivity index (χ2n) is 13.9. The van der Waals surface area contributed by atoms with Gasteiger partial charge >= 0.3 is 5.97 Å². The number of carbonyl (C=O) groups excluding carboxylic acids is 2. The number of rotatable bonds is 13. The lowest BCUT2D eigenvalue weighted by Gasteiger charge is -2.46. The minimum absolute atomic E-state index is 0.00161. The maximum atomic E-state index is 12.3. The molecule has 0 amide bonds. The summed E-state index contributed by atoms with van der Waals surface area (Å²) >= 11 is 0. The highest BCUT2D eigenvalue weighted by Gasteiger charge is 2.40. The van der Waals surface area contributed by atoms with Gasteiger partial charge in [0.05, 0.1) is 12.7 Å². The first kappa shape index (κ1) is 30.2. The largest absolute Gasteiger partial charge is 0.462 e. The average Bonchev–Trinajstić information content (AvgIpc) is 2.64. The van der Waals surface area contributed by atoms with Crippen LogP contribution < -0.4 is 10.6 Å². The number of hydrogen-bond donors (Lipinski definition) is 2. The highest BCUT2D eigenvalue weighted by atomic mass is 16.5. The van der Waals surface area contributed by atoms with Gasteiger partial charge in [0.15, 0.2) is 0 Å².